The van der Waals surface area contributed by atoms with Crippen molar-refractivity contribution < 1.29 is 9.53 Å². The van der Waals surface area contributed by atoms with Crippen LogP contribution in [-0.4, -0.2) is 53.7 Å². The number of likely N-dealkylation sites (tertiary alicyclic amines) is 1. The van der Waals surface area contributed by atoms with Crippen LogP contribution in [0, 0.1) is 0 Å². The Kier molecular flexibility index (Phi) is 4.21. The normalized spacial score (nSPS) is 20.5. The van der Waals surface area contributed by atoms with Crippen molar-refractivity contribution in [3.05, 3.63) is 64.7 Å². The molecule has 0 bridgehead atoms. The third-order valence-corrected chi connectivity index (χ3v) is 6.67. The molecule has 7 heteroatoms. The Morgan fingerprint density at radius 2 is 2.21 bits per heavy atom. The standard InChI is InChI=1S/C21H22N4O2S/c1-27-13-12-25-16-5-2-9-22-19(16)24-10-3-7-18(24)21(25)8-11-23(15-21)20(26)17-6-4-14-28-17/h2-7,9-10,14H,8,11-13,15H2,1H3/t21-/m1/s1. The summed E-state index contributed by atoms with van der Waals surface area (Å²) < 4.78 is 7.60. The molecule has 0 radical (unpaired) electrons. The highest BCUT2D eigenvalue weighted by Crippen LogP contribution is 2.47. The summed E-state index contributed by atoms with van der Waals surface area (Å²) in [5.74, 6) is 1.06. The monoisotopic (exact) mass is 394 g/mol. The topological polar surface area (TPSA) is 50.6 Å². The van der Waals surface area contributed by atoms with Gasteiger partial charge in [0.05, 0.1) is 22.9 Å². The van der Waals surface area contributed by atoms with Crippen LogP contribution in [0.1, 0.15) is 21.8 Å². The molecule has 3 aromatic rings. The van der Waals surface area contributed by atoms with Gasteiger partial charge in [0.1, 0.15) is 5.54 Å². The molecule has 1 atom stereocenters. The second-order valence-electron chi connectivity index (χ2n) is 7.24. The maximum atomic E-state index is 13.0. The van der Waals surface area contributed by atoms with Gasteiger partial charge in [-0.15, -0.1) is 11.3 Å². The molecule has 0 aliphatic carbocycles. The number of aromatic nitrogens is 2. The third kappa shape index (κ3) is 2.50. The lowest BCUT2D eigenvalue weighted by molar-refractivity contribution is 0.0786. The Balaban J connectivity index is 1.58. The average Bonchev–Trinajstić information content (AvgIpc) is 3.48. The van der Waals surface area contributed by atoms with Crippen molar-refractivity contribution in [2.45, 2.75) is 12.0 Å². The lowest BCUT2D eigenvalue weighted by Gasteiger charge is -2.47. The minimum absolute atomic E-state index is 0.119. The first kappa shape index (κ1) is 17.5. The van der Waals surface area contributed by atoms with Gasteiger partial charge in [-0.05, 0) is 42.1 Å². The van der Waals surface area contributed by atoms with Crippen molar-refractivity contribution in [3.63, 3.8) is 0 Å². The maximum absolute atomic E-state index is 13.0. The molecular weight excluding hydrogens is 372 g/mol. The van der Waals surface area contributed by atoms with Gasteiger partial charge < -0.3 is 19.1 Å². The van der Waals surface area contributed by atoms with E-state index in [0.29, 0.717) is 13.2 Å². The number of rotatable bonds is 4. The molecule has 5 rings (SSSR count). The van der Waals surface area contributed by atoms with E-state index in [1.54, 1.807) is 7.11 Å². The zero-order valence-corrected chi connectivity index (χ0v) is 16.6. The fraction of sp³-hybridized carbons (Fsp3) is 0.333. The summed E-state index contributed by atoms with van der Waals surface area (Å²) in [4.78, 5) is 22.9. The van der Waals surface area contributed by atoms with Crippen LogP contribution in [0.3, 0.4) is 0 Å². The van der Waals surface area contributed by atoms with Crippen LogP contribution in [0.25, 0.3) is 5.82 Å². The molecule has 1 amide bonds. The minimum Gasteiger partial charge on any atom is -0.383 e. The van der Waals surface area contributed by atoms with Gasteiger partial charge >= 0.3 is 0 Å². The Bertz CT molecular complexity index is 1000. The van der Waals surface area contributed by atoms with E-state index >= 15 is 0 Å². The molecule has 1 fully saturated rings. The number of methoxy groups -OCH3 is 1. The predicted molar refractivity (Wildman–Crippen MR) is 109 cm³/mol. The van der Waals surface area contributed by atoms with Crippen molar-refractivity contribution in [2.24, 2.45) is 0 Å². The molecular formula is C21H22N4O2S. The predicted octanol–water partition coefficient (Wildman–Crippen LogP) is 3.14. The number of hydrogen-bond donors (Lipinski definition) is 0. The molecule has 0 unspecified atom stereocenters. The number of thiophene rings is 1. The van der Waals surface area contributed by atoms with Gasteiger partial charge in [-0.3, -0.25) is 4.79 Å². The second-order valence-corrected chi connectivity index (χ2v) is 8.19. The molecule has 144 valence electrons. The first-order valence-corrected chi connectivity index (χ1v) is 10.4. The quantitative estimate of drug-likeness (QED) is 0.682. The molecule has 1 saturated heterocycles. The van der Waals surface area contributed by atoms with E-state index in [1.165, 1.54) is 17.0 Å². The molecule has 2 aliphatic heterocycles. The number of carbonyl (C=O) groups excluding carboxylic acids is 1. The minimum atomic E-state index is -0.273. The summed E-state index contributed by atoms with van der Waals surface area (Å²) in [6, 6.07) is 12.2. The van der Waals surface area contributed by atoms with Crippen LogP contribution in [-0.2, 0) is 10.3 Å². The highest BCUT2D eigenvalue weighted by atomic mass is 32.1. The van der Waals surface area contributed by atoms with E-state index in [2.05, 4.69) is 38.8 Å². The molecule has 2 aliphatic rings. The second kappa shape index (κ2) is 6.76. The SMILES string of the molecule is COCCN1c2cccnc2-n2cccc2[C@]12CCN(C(=O)c1cccs1)C2. The Labute approximate surface area is 168 Å². The van der Waals surface area contributed by atoms with Gasteiger partial charge in [0.25, 0.3) is 5.91 Å². The molecule has 0 aromatic carbocycles. The molecule has 28 heavy (non-hydrogen) atoms. The summed E-state index contributed by atoms with van der Waals surface area (Å²) in [5.41, 5.74) is 2.01. The summed E-state index contributed by atoms with van der Waals surface area (Å²) >= 11 is 1.50. The van der Waals surface area contributed by atoms with Gasteiger partial charge in [0.2, 0.25) is 0 Å². The Morgan fingerprint density at radius 3 is 3.04 bits per heavy atom. The van der Waals surface area contributed by atoms with Gasteiger partial charge in [0, 0.05) is 39.1 Å². The number of ether oxygens (including phenoxy) is 1. The number of carbonyl (C=O) groups is 1. The molecule has 5 heterocycles. The summed E-state index contributed by atoms with van der Waals surface area (Å²) in [5, 5.41) is 1.96. The van der Waals surface area contributed by atoms with E-state index in [-0.39, 0.29) is 11.4 Å². The molecule has 0 N–H and O–H groups in total. The maximum Gasteiger partial charge on any atom is 0.264 e. The van der Waals surface area contributed by atoms with Crippen molar-refractivity contribution in [1.82, 2.24) is 14.5 Å². The zero-order chi connectivity index (χ0) is 19.1. The number of nitrogens with zero attached hydrogens (tertiary/aromatic N) is 4. The number of anilines is 1. The van der Waals surface area contributed by atoms with Crippen LogP contribution in [0.4, 0.5) is 5.69 Å². The fourth-order valence-corrected chi connectivity index (χ4v) is 5.26. The van der Waals surface area contributed by atoms with Gasteiger partial charge in [-0.2, -0.15) is 0 Å². The molecule has 3 aromatic heterocycles. The highest BCUT2D eigenvalue weighted by Gasteiger charge is 2.50. The van der Waals surface area contributed by atoms with Crippen molar-refractivity contribution in [2.75, 3.05) is 38.3 Å². The van der Waals surface area contributed by atoms with E-state index in [4.69, 9.17) is 4.74 Å². The van der Waals surface area contributed by atoms with E-state index in [9.17, 15) is 4.79 Å². The number of amides is 1. The number of fused-ring (bicyclic) bond motifs is 4. The number of pyridine rings is 1. The fourth-order valence-electron chi connectivity index (χ4n) is 4.57. The van der Waals surface area contributed by atoms with E-state index in [1.807, 2.05) is 34.7 Å². The number of hydrogen-bond acceptors (Lipinski definition) is 5. The average molecular weight is 395 g/mol. The van der Waals surface area contributed by atoms with Crippen LogP contribution in [0.15, 0.2) is 54.2 Å². The largest absolute Gasteiger partial charge is 0.383 e. The van der Waals surface area contributed by atoms with Crippen LogP contribution >= 0.6 is 11.3 Å². The van der Waals surface area contributed by atoms with E-state index < -0.39 is 0 Å². The summed E-state index contributed by atoms with van der Waals surface area (Å²) in [7, 11) is 1.73. The van der Waals surface area contributed by atoms with Crippen molar-refractivity contribution in [1.29, 1.82) is 0 Å². The van der Waals surface area contributed by atoms with Crippen molar-refractivity contribution in [3.8, 4) is 5.82 Å². The lowest BCUT2D eigenvalue weighted by atomic mass is 9.89. The van der Waals surface area contributed by atoms with Crippen LogP contribution in [0.2, 0.25) is 0 Å². The van der Waals surface area contributed by atoms with Gasteiger partial charge in [-0.25, -0.2) is 4.98 Å². The summed E-state index contributed by atoms with van der Waals surface area (Å²) in [6.07, 6.45) is 4.78. The third-order valence-electron chi connectivity index (χ3n) is 5.81. The zero-order valence-electron chi connectivity index (χ0n) is 15.7. The first-order valence-electron chi connectivity index (χ1n) is 9.47. The van der Waals surface area contributed by atoms with Crippen molar-refractivity contribution >= 4 is 22.9 Å². The summed E-state index contributed by atoms with van der Waals surface area (Å²) in [6.45, 7) is 2.77. The van der Waals surface area contributed by atoms with Crippen LogP contribution < -0.4 is 4.90 Å². The lowest BCUT2D eigenvalue weighted by Crippen LogP contribution is -2.53. The molecule has 6 nitrogen and oxygen atoms in total. The highest BCUT2D eigenvalue weighted by molar-refractivity contribution is 7.12. The Hall–Kier alpha value is -2.64. The molecule has 1 spiro atoms. The van der Waals surface area contributed by atoms with Gasteiger partial charge in [0.15, 0.2) is 5.82 Å². The van der Waals surface area contributed by atoms with E-state index in [0.717, 1.165) is 35.9 Å². The van der Waals surface area contributed by atoms with Crippen LogP contribution in [0.5, 0.6) is 0 Å². The van der Waals surface area contributed by atoms with Gasteiger partial charge in [-0.1, -0.05) is 6.07 Å². The Morgan fingerprint density at radius 1 is 1.29 bits per heavy atom. The first-order chi connectivity index (χ1) is 13.7. The smallest absolute Gasteiger partial charge is 0.264 e. The molecule has 0 saturated carbocycles.